The van der Waals surface area contributed by atoms with Crippen LogP contribution >= 0.6 is 0 Å². The van der Waals surface area contributed by atoms with Crippen molar-refractivity contribution < 1.29 is 9.18 Å². The zero-order valence-corrected chi connectivity index (χ0v) is 16.8. The molecule has 1 aliphatic heterocycles. The van der Waals surface area contributed by atoms with Gasteiger partial charge in [-0.3, -0.25) is 4.79 Å². The van der Waals surface area contributed by atoms with Crippen LogP contribution in [0.15, 0.2) is 36.5 Å². The third kappa shape index (κ3) is 5.11. The summed E-state index contributed by atoms with van der Waals surface area (Å²) in [5.41, 5.74) is 0.659. The van der Waals surface area contributed by atoms with Crippen LogP contribution in [-0.4, -0.2) is 35.0 Å². The monoisotopic (exact) mass is 396 g/mol. The SMILES string of the molecule is O=C(NC1CCCCCC1)[C@@H]1CCCN(c2ccnc(-c3cccc(F)c3)n2)C1. The second-order valence-corrected chi connectivity index (χ2v) is 8.23. The summed E-state index contributed by atoms with van der Waals surface area (Å²) in [5, 5.41) is 3.30. The molecule has 4 rings (SSSR count). The first-order valence-corrected chi connectivity index (χ1v) is 10.8. The second-order valence-electron chi connectivity index (χ2n) is 8.23. The van der Waals surface area contributed by atoms with Crippen LogP contribution in [-0.2, 0) is 4.79 Å². The van der Waals surface area contributed by atoms with Crippen molar-refractivity contribution in [2.24, 2.45) is 5.92 Å². The van der Waals surface area contributed by atoms with Gasteiger partial charge in [0, 0.05) is 30.9 Å². The summed E-state index contributed by atoms with van der Waals surface area (Å²) in [4.78, 5) is 24.0. The molecule has 0 bridgehead atoms. The standard InChI is InChI=1S/C23H29FN4O/c24-19-9-5-7-17(15-19)22-25-13-12-21(27-22)28-14-6-8-18(16-28)23(29)26-20-10-3-1-2-4-11-20/h5,7,9,12-13,15,18,20H,1-4,6,8,10-11,14,16H2,(H,26,29)/t18-/m1/s1. The van der Waals surface area contributed by atoms with E-state index in [0.29, 0.717) is 24.0 Å². The maximum Gasteiger partial charge on any atom is 0.225 e. The van der Waals surface area contributed by atoms with Crippen molar-refractivity contribution in [2.75, 3.05) is 18.0 Å². The molecular weight excluding hydrogens is 367 g/mol. The molecule has 154 valence electrons. The fourth-order valence-electron chi connectivity index (χ4n) is 4.43. The molecule has 0 radical (unpaired) electrons. The van der Waals surface area contributed by atoms with Crippen LogP contribution in [0.4, 0.5) is 10.2 Å². The lowest BCUT2D eigenvalue weighted by Gasteiger charge is -2.33. The molecule has 2 aromatic rings. The minimum atomic E-state index is -0.301. The van der Waals surface area contributed by atoms with Crippen molar-refractivity contribution in [3.05, 3.63) is 42.3 Å². The number of halogens is 1. The van der Waals surface area contributed by atoms with Crippen LogP contribution in [0.2, 0.25) is 0 Å². The van der Waals surface area contributed by atoms with E-state index in [2.05, 4.69) is 20.2 Å². The number of carbonyl (C=O) groups excluding carboxylic acids is 1. The Morgan fingerprint density at radius 3 is 2.69 bits per heavy atom. The highest BCUT2D eigenvalue weighted by molar-refractivity contribution is 5.80. The minimum absolute atomic E-state index is 0.0143. The highest BCUT2D eigenvalue weighted by Crippen LogP contribution is 2.25. The average Bonchev–Trinajstić information content (AvgIpc) is 3.03. The number of hydrogen-bond acceptors (Lipinski definition) is 4. The van der Waals surface area contributed by atoms with Crippen LogP contribution in [0.1, 0.15) is 51.4 Å². The lowest BCUT2D eigenvalue weighted by Crippen LogP contribution is -2.46. The predicted octanol–water partition coefficient (Wildman–Crippen LogP) is 4.34. The van der Waals surface area contributed by atoms with Gasteiger partial charge < -0.3 is 10.2 Å². The summed E-state index contributed by atoms with van der Waals surface area (Å²) in [7, 11) is 0. The van der Waals surface area contributed by atoms with Gasteiger partial charge in [-0.25, -0.2) is 14.4 Å². The molecule has 29 heavy (non-hydrogen) atoms. The highest BCUT2D eigenvalue weighted by Gasteiger charge is 2.28. The van der Waals surface area contributed by atoms with Gasteiger partial charge in [-0.2, -0.15) is 0 Å². The Labute approximate surface area is 171 Å². The molecule has 2 heterocycles. The number of hydrogen-bond donors (Lipinski definition) is 1. The molecule has 1 saturated carbocycles. The molecule has 6 heteroatoms. The van der Waals surface area contributed by atoms with Crippen LogP contribution < -0.4 is 10.2 Å². The molecule has 1 saturated heterocycles. The van der Waals surface area contributed by atoms with Gasteiger partial charge in [0.2, 0.25) is 5.91 Å². The summed E-state index contributed by atoms with van der Waals surface area (Å²) in [6.07, 6.45) is 10.8. The van der Waals surface area contributed by atoms with E-state index in [1.54, 1.807) is 18.3 Å². The van der Waals surface area contributed by atoms with Crippen LogP contribution in [0, 0.1) is 11.7 Å². The van der Waals surface area contributed by atoms with E-state index < -0.39 is 0 Å². The van der Waals surface area contributed by atoms with Gasteiger partial charge in [-0.1, -0.05) is 37.8 Å². The van der Waals surface area contributed by atoms with Gasteiger partial charge in [0.25, 0.3) is 0 Å². The van der Waals surface area contributed by atoms with E-state index in [9.17, 15) is 9.18 Å². The Kier molecular flexibility index (Phi) is 6.37. The van der Waals surface area contributed by atoms with E-state index in [4.69, 9.17) is 0 Å². The number of anilines is 1. The number of benzene rings is 1. The van der Waals surface area contributed by atoms with E-state index in [0.717, 1.165) is 38.0 Å². The zero-order chi connectivity index (χ0) is 20.1. The van der Waals surface area contributed by atoms with E-state index in [-0.39, 0.29) is 17.6 Å². The first kappa shape index (κ1) is 19.8. The van der Waals surface area contributed by atoms with Crippen LogP contribution in [0.25, 0.3) is 11.4 Å². The molecular formula is C23H29FN4O. The maximum atomic E-state index is 13.6. The van der Waals surface area contributed by atoms with Crippen molar-refractivity contribution in [1.29, 1.82) is 0 Å². The van der Waals surface area contributed by atoms with Gasteiger partial charge in [-0.15, -0.1) is 0 Å². The number of aromatic nitrogens is 2. The molecule has 2 fully saturated rings. The van der Waals surface area contributed by atoms with Crippen molar-refractivity contribution in [1.82, 2.24) is 15.3 Å². The molecule has 1 aromatic heterocycles. The number of amides is 1. The van der Waals surface area contributed by atoms with Gasteiger partial charge in [-0.05, 0) is 43.9 Å². The lowest BCUT2D eigenvalue weighted by atomic mass is 9.96. The van der Waals surface area contributed by atoms with E-state index >= 15 is 0 Å². The van der Waals surface area contributed by atoms with Gasteiger partial charge in [0.15, 0.2) is 5.82 Å². The summed E-state index contributed by atoms with van der Waals surface area (Å²) >= 11 is 0. The lowest BCUT2D eigenvalue weighted by molar-refractivity contribution is -0.126. The molecule has 2 aliphatic rings. The highest BCUT2D eigenvalue weighted by atomic mass is 19.1. The Balaban J connectivity index is 1.43. The number of nitrogens with one attached hydrogen (secondary N) is 1. The number of nitrogens with zero attached hydrogens (tertiary/aromatic N) is 3. The topological polar surface area (TPSA) is 58.1 Å². The van der Waals surface area contributed by atoms with Crippen molar-refractivity contribution in [3.8, 4) is 11.4 Å². The quantitative estimate of drug-likeness (QED) is 0.781. The Hall–Kier alpha value is -2.50. The summed E-state index contributed by atoms with van der Waals surface area (Å²) in [6.45, 7) is 1.53. The third-order valence-electron chi connectivity index (χ3n) is 6.04. The average molecular weight is 397 g/mol. The molecule has 1 aromatic carbocycles. The number of rotatable bonds is 4. The normalized spacial score (nSPS) is 20.9. The van der Waals surface area contributed by atoms with Crippen LogP contribution in [0.3, 0.4) is 0 Å². The third-order valence-corrected chi connectivity index (χ3v) is 6.04. The Bertz CT molecular complexity index is 835. The molecule has 5 nitrogen and oxygen atoms in total. The first-order chi connectivity index (χ1) is 14.2. The van der Waals surface area contributed by atoms with Crippen molar-refractivity contribution >= 4 is 11.7 Å². The molecule has 1 N–H and O–H groups in total. The summed E-state index contributed by atoms with van der Waals surface area (Å²) in [5.74, 6) is 1.17. The van der Waals surface area contributed by atoms with Gasteiger partial charge >= 0.3 is 0 Å². The maximum absolute atomic E-state index is 13.6. The Morgan fingerprint density at radius 2 is 1.90 bits per heavy atom. The molecule has 0 spiro atoms. The van der Waals surface area contributed by atoms with E-state index in [1.807, 2.05) is 6.07 Å². The van der Waals surface area contributed by atoms with Crippen LogP contribution in [0.5, 0.6) is 0 Å². The molecule has 1 atom stereocenters. The summed E-state index contributed by atoms with van der Waals surface area (Å²) in [6, 6.07) is 8.53. The molecule has 1 aliphatic carbocycles. The smallest absolute Gasteiger partial charge is 0.225 e. The fourth-order valence-corrected chi connectivity index (χ4v) is 4.43. The van der Waals surface area contributed by atoms with E-state index in [1.165, 1.54) is 37.8 Å². The van der Waals surface area contributed by atoms with Crippen molar-refractivity contribution in [2.45, 2.75) is 57.4 Å². The second kappa shape index (κ2) is 9.33. The number of piperidine rings is 1. The molecule has 1 amide bonds. The summed E-state index contributed by atoms with van der Waals surface area (Å²) < 4.78 is 13.6. The predicted molar refractivity (Wildman–Crippen MR) is 112 cm³/mol. The Morgan fingerprint density at radius 1 is 1.07 bits per heavy atom. The fraction of sp³-hybridized carbons (Fsp3) is 0.522. The largest absolute Gasteiger partial charge is 0.356 e. The minimum Gasteiger partial charge on any atom is -0.356 e. The molecule has 0 unspecified atom stereocenters. The first-order valence-electron chi connectivity index (χ1n) is 10.8. The van der Waals surface area contributed by atoms with Gasteiger partial charge in [0.1, 0.15) is 11.6 Å². The zero-order valence-electron chi connectivity index (χ0n) is 16.8. The number of carbonyl (C=O) groups is 1. The van der Waals surface area contributed by atoms with Gasteiger partial charge in [0.05, 0.1) is 5.92 Å². The van der Waals surface area contributed by atoms with Crippen molar-refractivity contribution in [3.63, 3.8) is 0 Å².